The van der Waals surface area contributed by atoms with Gasteiger partial charge in [-0.3, -0.25) is 0 Å². The zero-order valence-corrected chi connectivity index (χ0v) is 18.4. The summed E-state index contributed by atoms with van der Waals surface area (Å²) in [6, 6.07) is 1.57. The fourth-order valence-corrected chi connectivity index (χ4v) is 4.85. The number of aryl methyl sites for hydroxylation is 1. The maximum Gasteiger partial charge on any atom is 0.449 e. The molecule has 4 aromatic heterocycles. The Balaban J connectivity index is 1.55. The first-order chi connectivity index (χ1) is 15.2. The number of halogens is 4. The van der Waals surface area contributed by atoms with E-state index in [0.717, 1.165) is 24.0 Å². The molecule has 8 nitrogen and oxygen atoms in total. The second-order valence-corrected chi connectivity index (χ2v) is 8.96. The van der Waals surface area contributed by atoms with E-state index in [1.54, 1.807) is 0 Å². The lowest BCUT2D eigenvalue weighted by Gasteiger charge is -2.18. The first-order valence-corrected chi connectivity index (χ1v) is 11.1. The second-order valence-electron chi connectivity index (χ2n) is 7.54. The van der Waals surface area contributed by atoms with Crippen molar-refractivity contribution in [1.29, 1.82) is 0 Å². The fraction of sp³-hybridized carbons (Fsp3) is 0.368. The number of aromatic amines is 2. The Morgan fingerprint density at radius 3 is 2.75 bits per heavy atom. The highest BCUT2D eigenvalue weighted by Crippen LogP contribution is 2.38. The van der Waals surface area contributed by atoms with Crippen LogP contribution in [0.2, 0.25) is 5.02 Å². The summed E-state index contributed by atoms with van der Waals surface area (Å²) in [4.78, 5) is 25.1. The van der Waals surface area contributed by atoms with Crippen molar-refractivity contribution in [3.63, 3.8) is 0 Å². The van der Waals surface area contributed by atoms with Crippen molar-refractivity contribution in [3.8, 4) is 0 Å². The lowest BCUT2D eigenvalue weighted by Crippen LogP contribution is -2.27. The highest BCUT2D eigenvalue weighted by Gasteiger charge is 2.35. The second kappa shape index (κ2) is 7.78. The number of anilines is 1. The minimum atomic E-state index is -4.57. The SMILES string of the molecule is CCc1[nH]c2nc(Sc3cnc4[nH]c(C(F)(F)F)nc4c3)nc(N3CC[C@@H](N)C3)c2c1Cl. The topological polar surface area (TPSA) is 112 Å². The van der Waals surface area contributed by atoms with Crippen molar-refractivity contribution in [2.24, 2.45) is 5.73 Å². The van der Waals surface area contributed by atoms with Gasteiger partial charge in [0.2, 0.25) is 5.82 Å². The summed E-state index contributed by atoms with van der Waals surface area (Å²) in [6.45, 7) is 3.40. The number of nitrogens with zero attached hydrogens (tertiary/aromatic N) is 5. The monoisotopic (exact) mass is 482 g/mol. The summed E-state index contributed by atoms with van der Waals surface area (Å²) < 4.78 is 38.8. The number of alkyl halides is 3. The van der Waals surface area contributed by atoms with Crippen molar-refractivity contribution in [2.75, 3.05) is 18.0 Å². The molecule has 0 unspecified atom stereocenters. The third-order valence-electron chi connectivity index (χ3n) is 5.29. The molecule has 1 aliphatic heterocycles. The van der Waals surface area contributed by atoms with Gasteiger partial charge < -0.3 is 20.6 Å². The van der Waals surface area contributed by atoms with E-state index >= 15 is 0 Å². The van der Waals surface area contributed by atoms with Crippen LogP contribution in [0.25, 0.3) is 22.2 Å². The number of imidazole rings is 1. The van der Waals surface area contributed by atoms with Crippen molar-refractivity contribution >= 4 is 51.4 Å². The van der Waals surface area contributed by atoms with Crippen molar-refractivity contribution in [1.82, 2.24) is 29.9 Å². The third-order valence-corrected chi connectivity index (χ3v) is 6.53. The van der Waals surface area contributed by atoms with Crippen LogP contribution in [0.3, 0.4) is 0 Å². The molecule has 0 amide bonds. The summed E-state index contributed by atoms with van der Waals surface area (Å²) in [5.41, 5.74) is 7.74. The number of fused-ring (bicyclic) bond motifs is 2. The van der Waals surface area contributed by atoms with Crippen LogP contribution in [0.1, 0.15) is 24.9 Å². The van der Waals surface area contributed by atoms with Gasteiger partial charge in [0.15, 0.2) is 10.8 Å². The van der Waals surface area contributed by atoms with E-state index in [1.165, 1.54) is 24.0 Å². The van der Waals surface area contributed by atoms with Crippen LogP contribution in [-0.4, -0.2) is 49.0 Å². The largest absolute Gasteiger partial charge is 0.449 e. The molecule has 0 aliphatic carbocycles. The molecule has 4 aromatic rings. The van der Waals surface area contributed by atoms with Gasteiger partial charge in [-0.05, 0) is 30.7 Å². The molecule has 168 valence electrons. The quantitative estimate of drug-likeness (QED) is 0.374. The minimum Gasteiger partial charge on any atom is -0.354 e. The van der Waals surface area contributed by atoms with Crippen LogP contribution in [0.5, 0.6) is 0 Å². The van der Waals surface area contributed by atoms with Crippen LogP contribution in [0.4, 0.5) is 19.0 Å². The molecule has 5 heterocycles. The zero-order chi connectivity index (χ0) is 22.6. The fourth-order valence-electron chi connectivity index (χ4n) is 3.74. The summed E-state index contributed by atoms with van der Waals surface area (Å²) in [7, 11) is 0. The van der Waals surface area contributed by atoms with Crippen molar-refractivity contribution in [3.05, 3.63) is 28.8 Å². The number of nitrogens with one attached hydrogen (secondary N) is 2. The molecule has 0 spiro atoms. The van der Waals surface area contributed by atoms with Crippen LogP contribution in [0.15, 0.2) is 22.3 Å². The first-order valence-electron chi connectivity index (χ1n) is 9.92. The van der Waals surface area contributed by atoms with E-state index in [0.29, 0.717) is 39.5 Å². The molecule has 1 saturated heterocycles. The molecule has 4 N–H and O–H groups in total. The van der Waals surface area contributed by atoms with Gasteiger partial charge in [-0.1, -0.05) is 18.5 Å². The van der Waals surface area contributed by atoms with Gasteiger partial charge in [0.05, 0.1) is 10.4 Å². The Kier molecular flexibility index (Phi) is 5.18. The van der Waals surface area contributed by atoms with E-state index in [9.17, 15) is 13.2 Å². The van der Waals surface area contributed by atoms with Gasteiger partial charge in [0, 0.05) is 35.9 Å². The van der Waals surface area contributed by atoms with Crippen molar-refractivity contribution < 1.29 is 13.2 Å². The molecule has 32 heavy (non-hydrogen) atoms. The molecule has 1 aliphatic rings. The number of hydrogen-bond acceptors (Lipinski definition) is 7. The van der Waals surface area contributed by atoms with Crippen LogP contribution >= 0.6 is 23.4 Å². The number of H-pyrrole nitrogens is 2. The molecule has 1 fully saturated rings. The standard InChI is InChI=1S/C19H18ClF3N8S/c1-2-10-13(20)12-15(26-10)29-18(30-16(12)31-4-3-8(24)7-31)32-9-5-11-14(25-6-9)28-17(27-11)19(21,22)23/h5-6,8H,2-4,7,24H2,1H3,(H,25,27,28)(H,26,29,30)/t8-/m1/s1. The Morgan fingerprint density at radius 1 is 1.25 bits per heavy atom. The zero-order valence-electron chi connectivity index (χ0n) is 16.8. The molecular weight excluding hydrogens is 465 g/mol. The molecule has 0 bridgehead atoms. The summed E-state index contributed by atoms with van der Waals surface area (Å²) in [5, 5.41) is 1.76. The van der Waals surface area contributed by atoms with Gasteiger partial charge in [-0.25, -0.2) is 19.9 Å². The first kappa shape index (κ1) is 21.3. The lowest BCUT2D eigenvalue weighted by molar-refractivity contribution is -0.144. The number of pyridine rings is 1. The highest BCUT2D eigenvalue weighted by atomic mass is 35.5. The lowest BCUT2D eigenvalue weighted by atomic mass is 10.3. The van der Waals surface area contributed by atoms with E-state index in [1.807, 2.05) is 6.92 Å². The predicted octanol–water partition coefficient (Wildman–Crippen LogP) is 4.15. The molecule has 0 aromatic carbocycles. The number of rotatable bonds is 4. The smallest absolute Gasteiger partial charge is 0.354 e. The van der Waals surface area contributed by atoms with Crippen molar-refractivity contribution in [2.45, 2.75) is 42.0 Å². The van der Waals surface area contributed by atoms with Crippen LogP contribution in [0, 0.1) is 0 Å². The maximum atomic E-state index is 12.9. The molecular formula is C19H18ClF3N8S. The average Bonchev–Trinajstić information content (AvgIpc) is 3.44. The average molecular weight is 483 g/mol. The molecule has 5 rings (SSSR count). The van der Waals surface area contributed by atoms with Crippen LogP contribution < -0.4 is 10.6 Å². The van der Waals surface area contributed by atoms with Gasteiger partial charge in [0.25, 0.3) is 0 Å². The van der Waals surface area contributed by atoms with E-state index in [4.69, 9.17) is 22.3 Å². The Labute approximate surface area is 189 Å². The summed E-state index contributed by atoms with van der Waals surface area (Å²) >= 11 is 7.79. The molecule has 0 saturated carbocycles. The summed E-state index contributed by atoms with van der Waals surface area (Å²) in [6.07, 6.45) is -1.56. The minimum absolute atomic E-state index is 0.0496. The summed E-state index contributed by atoms with van der Waals surface area (Å²) in [5.74, 6) is -0.389. The van der Waals surface area contributed by atoms with Gasteiger partial charge in [-0.15, -0.1) is 0 Å². The van der Waals surface area contributed by atoms with Crippen LogP contribution in [-0.2, 0) is 12.6 Å². The van der Waals surface area contributed by atoms with Gasteiger partial charge in [0.1, 0.15) is 17.0 Å². The molecule has 0 radical (unpaired) electrons. The molecule has 1 atom stereocenters. The Morgan fingerprint density at radius 2 is 2.06 bits per heavy atom. The Bertz CT molecular complexity index is 1320. The van der Waals surface area contributed by atoms with Gasteiger partial charge >= 0.3 is 6.18 Å². The number of aromatic nitrogens is 6. The normalized spacial score (nSPS) is 17.2. The third kappa shape index (κ3) is 3.76. The molecule has 13 heteroatoms. The Hall–Kier alpha value is -2.57. The van der Waals surface area contributed by atoms with E-state index in [-0.39, 0.29) is 17.2 Å². The number of nitrogens with two attached hydrogens (primary N) is 1. The van der Waals surface area contributed by atoms with Gasteiger partial charge in [-0.2, -0.15) is 13.2 Å². The number of hydrogen-bond donors (Lipinski definition) is 3. The highest BCUT2D eigenvalue weighted by molar-refractivity contribution is 7.99. The van der Waals surface area contributed by atoms with E-state index < -0.39 is 12.0 Å². The maximum absolute atomic E-state index is 12.9. The van der Waals surface area contributed by atoms with E-state index in [2.05, 4.69) is 29.8 Å². The predicted molar refractivity (Wildman–Crippen MR) is 116 cm³/mol.